The molecule has 0 bridgehead atoms. The maximum Gasteiger partial charge on any atom is 0.416 e. The molecule has 0 aliphatic carbocycles. The van der Waals surface area contributed by atoms with Gasteiger partial charge in [0.1, 0.15) is 0 Å². The van der Waals surface area contributed by atoms with Gasteiger partial charge in [-0.3, -0.25) is 4.79 Å². The highest BCUT2D eigenvalue weighted by Gasteiger charge is 2.33. The third-order valence-electron chi connectivity index (χ3n) is 3.55. The summed E-state index contributed by atoms with van der Waals surface area (Å²) in [5, 5.41) is 2.85. The van der Waals surface area contributed by atoms with Crippen LogP contribution in [0, 0.1) is 5.41 Å². The summed E-state index contributed by atoms with van der Waals surface area (Å²) in [6, 6.07) is 4.50. The average Bonchev–Trinajstić information content (AvgIpc) is 2.40. The van der Waals surface area contributed by atoms with E-state index in [1.54, 1.807) is 13.0 Å². The van der Waals surface area contributed by atoms with Gasteiger partial charge in [-0.2, -0.15) is 13.2 Å². The van der Waals surface area contributed by atoms with Gasteiger partial charge in [0.25, 0.3) is 0 Å². The molecule has 130 valence electrons. The van der Waals surface area contributed by atoms with Gasteiger partial charge < -0.3 is 11.1 Å². The van der Waals surface area contributed by atoms with E-state index in [1.807, 2.05) is 20.8 Å². The van der Waals surface area contributed by atoms with Gasteiger partial charge in [0.2, 0.25) is 5.91 Å². The minimum atomic E-state index is -4.41. The second-order valence-corrected chi connectivity index (χ2v) is 7.01. The largest absolute Gasteiger partial charge is 0.416 e. The lowest BCUT2D eigenvalue weighted by atomic mass is 9.81. The summed E-state index contributed by atoms with van der Waals surface area (Å²) in [4.78, 5) is 12.1. The monoisotopic (exact) mass is 330 g/mol. The Hall–Kier alpha value is -1.56. The van der Waals surface area contributed by atoms with E-state index < -0.39 is 23.2 Å². The summed E-state index contributed by atoms with van der Waals surface area (Å²) in [5.41, 5.74) is 4.94. The molecule has 0 spiro atoms. The molecular formula is C17H25F3N2O. The number of nitrogens with two attached hydrogens (primary N) is 1. The van der Waals surface area contributed by atoms with Crippen LogP contribution in [0.3, 0.4) is 0 Å². The number of halogens is 3. The molecule has 0 aliphatic heterocycles. The Morgan fingerprint density at radius 2 is 1.87 bits per heavy atom. The number of rotatable bonds is 5. The lowest BCUT2D eigenvalue weighted by Crippen LogP contribution is -2.37. The predicted octanol–water partition coefficient (Wildman–Crippen LogP) is 4.04. The van der Waals surface area contributed by atoms with Crippen LogP contribution in [0.1, 0.15) is 57.7 Å². The average molecular weight is 330 g/mol. The summed E-state index contributed by atoms with van der Waals surface area (Å²) in [7, 11) is 0. The number of alkyl halides is 3. The normalized spacial score (nSPS) is 15.1. The van der Waals surface area contributed by atoms with Gasteiger partial charge in [-0.15, -0.1) is 0 Å². The maximum atomic E-state index is 12.9. The molecule has 3 nitrogen and oxygen atoms in total. The topological polar surface area (TPSA) is 55.1 Å². The van der Waals surface area contributed by atoms with Crippen molar-refractivity contribution in [1.82, 2.24) is 5.32 Å². The molecule has 0 radical (unpaired) electrons. The molecule has 3 N–H and O–H groups in total. The number of carbonyl (C=O) groups excluding carboxylic acids is 1. The molecule has 0 saturated heterocycles. The van der Waals surface area contributed by atoms with Crippen molar-refractivity contribution >= 4 is 5.91 Å². The smallest absolute Gasteiger partial charge is 0.349 e. The maximum absolute atomic E-state index is 12.9. The Kier molecular flexibility index (Phi) is 6.22. The van der Waals surface area contributed by atoms with Crippen LogP contribution in [-0.4, -0.2) is 11.9 Å². The molecule has 0 heterocycles. The molecule has 1 aromatic rings. The van der Waals surface area contributed by atoms with E-state index in [0.29, 0.717) is 12.0 Å². The second kappa shape index (κ2) is 7.34. The summed E-state index contributed by atoms with van der Waals surface area (Å²) in [5.74, 6) is -0.209. The van der Waals surface area contributed by atoms with E-state index in [4.69, 9.17) is 5.73 Å². The molecule has 0 aromatic heterocycles. The lowest BCUT2D eigenvalue weighted by molar-refractivity contribution is -0.137. The highest BCUT2D eigenvalue weighted by molar-refractivity contribution is 5.76. The first-order valence-electron chi connectivity index (χ1n) is 7.63. The Morgan fingerprint density at radius 1 is 1.26 bits per heavy atom. The minimum absolute atomic E-state index is 0.0950. The second-order valence-electron chi connectivity index (χ2n) is 7.01. The molecule has 0 aliphatic rings. The van der Waals surface area contributed by atoms with E-state index in [-0.39, 0.29) is 18.4 Å². The van der Waals surface area contributed by atoms with Crippen molar-refractivity contribution in [2.24, 2.45) is 11.1 Å². The van der Waals surface area contributed by atoms with Crippen molar-refractivity contribution in [3.63, 3.8) is 0 Å². The van der Waals surface area contributed by atoms with E-state index in [9.17, 15) is 18.0 Å². The predicted molar refractivity (Wildman–Crippen MR) is 84.7 cm³/mol. The summed E-state index contributed by atoms with van der Waals surface area (Å²) < 4.78 is 38.7. The van der Waals surface area contributed by atoms with Gasteiger partial charge in [-0.1, -0.05) is 32.9 Å². The standard InChI is InChI=1S/C17H25F3N2O/c1-11(21)8-9-14(23)22-15(16(2,3)4)12-6-5-7-13(10-12)17(18,19)20/h5-7,10-11,15H,8-9,21H2,1-4H3,(H,22,23). The fourth-order valence-corrected chi connectivity index (χ4v) is 2.29. The van der Waals surface area contributed by atoms with Gasteiger partial charge in [0.05, 0.1) is 11.6 Å². The molecule has 0 fully saturated rings. The summed E-state index contributed by atoms with van der Waals surface area (Å²) in [6.07, 6.45) is -3.62. The third-order valence-corrected chi connectivity index (χ3v) is 3.55. The van der Waals surface area contributed by atoms with Crippen molar-refractivity contribution < 1.29 is 18.0 Å². The molecule has 1 rings (SSSR count). The fraction of sp³-hybridized carbons (Fsp3) is 0.588. The molecule has 1 amide bonds. The van der Waals surface area contributed by atoms with Crippen LogP contribution in [0.2, 0.25) is 0 Å². The third kappa shape index (κ3) is 6.22. The highest BCUT2D eigenvalue weighted by atomic mass is 19.4. The number of hydrogen-bond donors (Lipinski definition) is 2. The molecule has 23 heavy (non-hydrogen) atoms. The Balaban J connectivity index is 3.02. The molecular weight excluding hydrogens is 305 g/mol. The van der Waals surface area contributed by atoms with E-state index >= 15 is 0 Å². The van der Waals surface area contributed by atoms with E-state index in [0.717, 1.165) is 12.1 Å². The van der Waals surface area contributed by atoms with Crippen molar-refractivity contribution in [2.45, 2.75) is 58.8 Å². The van der Waals surface area contributed by atoms with Gasteiger partial charge in [0, 0.05) is 12.5 Å². The molecule has 0 saturated carbocycles. The SMILES string of the molecule is CC(N)CCC(=O)NC(c1cccc(C(F)(F)F)c1)C(C)(C)C. The zero-order chi connectivity index (χ0) is 17.8. The van der Waals surface area contributed by atoms with Crippen LogP contribution >= 0.6 is 0 Å². The number of hydrogen-bond acceptors (Lipinski definition) is 2. The molecule has 6 heteroatoms. The van der Waals surface area contributed by atoms with Crippen molar-refractivity contribution in [1.29, 1.82) is 0 Å². The van der Waals surface area contributed by atoms with Crippen LogP contribution in [0.15, 0.2) is 24.3 Å². The Labute approximate surface area is 135 Å². The molecule has 2 unspecified atom stereocenters. The van der Waals surface area contributed by atoms with Crippen LogP contribution in [0.4, 0.5) is 13.2 Å². The Morgan fingerprint density at radius 3 is 2.35 bits per heavy atom. The van der Waals surface area contributed by atoms with Crippen molar-refractivity contribution in [2.75, 3.05) is 0 Å². The minimum Gasteiger partial charge on any atom is -0.349 e. The Bertz CT molecular complexity index is 533. The van der Waals surface area contributed by atoms with Gasteiger partial charge in [-0.25, -0.2) is 0 Å². The van der Waals surface area contributed by atoms with E-state index in [1.165, 1.54) is 6.07 Å². The van der Waals surface area contributed by atoms with Crippen LogP contribution in [-0.2, 0) is 11.0 Å². The number of benzene rings is 1. The van der Waals surface area contributed by atoms with Crippen molar-refractivity contribution in [3.8, 4) is 0 Å². The van der Waals surface area contributed by atoms with Gasteiger partial charge in [-0.05, 0) is 36.5 Å². The first-order chi connectivity index (χ1) is 10.4. The fourth-order valence-electron chi connectivity index (χ4n) is 2.29. The molecule has 1 aromatic carbocycles. The van der Waals surface area contributed by atoms with Gasteiger partial charge >= 0.3 is 6.18 Å². The zero-order valence-corrected chi connectivity index (χ0v) is 14.0. The lowest BCUT2D eigenvalue weighted by Gasteiger charge is -2.32. The van der Waals surface area contributed by atoms with Crippen LogP contribution in [0.25, 0.3) is 0 Å². The highest BCUT2D eigenvalue weighted by Crippen LogP contribution is 2.36. The quantitative estimate of drug-likeness (QED) is 0.856. The van der Waals surface area contributed by atoms with E-state index in [2.05, 4.69) is 5.32 Å². The van der Waals surface area contributed by atoms with Gasteiger partial charge in [0.15, 0.2) is 0 Å². The van der Waals surface area contributed by atoms with Crippen molar-refractivity contribution in [3.05, 3.63) is 35.4 Å². The number of nitrogens with one attached hydrogen (secondary N) is 1. The molecule has 2 atom stereocenters. The summed E-state index contributed by atoms with van der Waals surface area (Å²) in [6.45, 7) is 7.44. The number of carbonyl (C=O) groups is 1. The number of amides is 1. The first-order valence-corrected chi connectivity index (χ1v) is 7.63. The zero-order valence-electron chi connectivity index (χ0n) is 14.0. The summed E-state index contributed by atoms with van der Waals surface area (Å²) >= 11 is 0. The van der Waals surface area contributed by atoms with Crippen LogP contribution in [0.5, 0.6) is 0 Å². The first kappa shape index (κ1) is 19.5. The van der Waals surface area contributed by atoms with Crippen LogP contribution < -0.4 is 11.1 Å².